The Labute approximate surface area is 128 Å². The molecule has 1 atom stereocenters. The van der Waals surface area contributed by atoms with Gasteiger partial charge in [-0.1, -0.05) is 36.4 Å². The highest BCUT2D eigenvalue weighted by atomic mass is 16.3. The van der Waals surface area contributed by atoms with Gasteiger partial charge in [0, 0.05) is 26.2 Å². The monoisotopic (exact) mass is 288 g/mol. The van der Waals surface area contributed by atoms with E-state index in [1.54, 1.807) is 0 Å². The van der Waals surface area contributed by atoms with Crippen molar-refractivity contribution in [2.24, 2.45) is 0 Å². The van der Waals surface area contributed by atoms with E-state index in [1.807, 2.05) is 6.08 Å². The molecule has 1 aliphatic heterocycles. The molecule has 1 fully saturated rings. The maximum absolute atomic E-state index is 10.0. The first-order valence-corrected chi connectivity index (χ1v) is 8.05. The smallest absolute Gasteiger partial charge is 0.0670 e. The van der Waals surface area contributed by atoms with E-state index in [4.69, 9.17) is 0 Å². The summed E-state index contributed by atoms with van der Waals surface area (Å²) < 4.78 is 0. The van der Waals surface area contributed by atoms with Crippen molar-refractivity contribution >= 4 is 0 Å². The summed E-state index contributed by atoms with van der Waals surface area (Å²) in [5.41, 5.74) is 1.39. The summed E-state index contributed by atoms with van der Waals surface area (Å²) in [6.45, 7) is 9.93. The molecule has 0 spiro atoms. The van der Waals surface area contributed by atoms with Gasteiger partial charge in [0.1, 0.15) is 0 Å². The molecule has 21 heavy (non-hydrogen) atoms. The molecule has 1 aromatic carbocycles. The van der Waals surface area contributed by atoms with E-state index < -0.39 is 0 Å². The minimum absolute atomic E-state index is 0.219. The SMILES string of the molecule is C=CCCC(O)CN1CCCN(Cc2ccccc2)CC1. The Balaban J connectivity index is 1.75. The molecular weight excluding hydrogens is 260 g/mol. The summed E-state index contributed by atoms with van der Waals surface area (Å²) in [6.07, 6.45) is 4.57. The number of hydrogen-bond acceptors (Lipinski definition) is 3. The second-order valence-electron chi connectivity index (χ2n) is 5.94. The van der Waals surface area contributed by atoms with Gasteiger partial charge in [0.05, 0.1) is 6.10 Å². The summed E-state index contributed by atoms with van der Waals surface area (Å²) in [5.74, 6) is 0. The van der Waals surface area contributed by atoms with Crippen LogP contribution in [-0.2, 0) is 6.54 Å². The van der Waals surface area contributed by atoms with Crippen LogP contribution in [0.25, 0.3) is 0 Å². The molecule has 1 saturated heterocycles. The lowest BCUT2D eigenvalue weighted by atomic mass is 10.2. The number of benzene rings is 1. The Kier molecular flexibility index (Phi) is 6.93. The third kappa shape index (κ3) is 6.00. The topological polar surface area (TPSA) is 26.7 Å². The second kappa shape index (κ2) is 8.98. The van der Waals surface area contributed by atoms with Crippen molar-refractivity contribution < 1.29 is 5.11 Å². The Hall–Kier alpha value is -1.16. The van der Waals surface area contributed by atoms with E-state index in [2.05, 4.69) is 46.7 Å². The van der Waals surface area contributed by atoms with Crippen molar-refractivity contribution in [3.63, 3.8) is 0 Å². The number of allylic oxidation sites excluding steroid dienone is 1. The standard InChI is InChI=1S/C18H28N2O/c1-2-3-10-18(21)16-20-12-7-11-19(13-14-20)15-17-8-5-4-6-9-17/h2,4-6,8-9,18,21H,1,3,7,10-16H2. The normalized spacial score (nSPS) is 19.1. The molecule has 1 unspecified atom stereocenters. The first-order valence-electron chi connectivity index (χ1n) is 8.05. The molecule has 3 heteroatoms. The Morgan fingerprint density at radius 3 is 2.57 bits per heavy atom. The van der Waals surface area contributed by atoms with Crippen LogP contribution in [0.5, 0.6) is 0 Å². The third-order valence-corrected chi connectivity index (χ3v) is 4.10. The highest BCUT2D eigenvalue weighted by Gasteiger charge is 2.17. The maximum atomic E-state index is 10.0. The van der Waals surface area contributed by atoms with Gasteiger partial charge in [-0.15, -0.1) is 6.58 Å². The fourth-order valence-corrected chi connectivity index (χ4v) is 2.91. The van der Waals surface area contributed by atoms with E-state index in [9.17, 15) is 5.11 Å². The lowest BCUT2D eigenvalue weighted by molar-refractivity contribution is 0.107. The molecular formula is C18H28N2O. The number of hydrogen-bond donors (Lipinski definition) is 1. The van der Waals surface area contributed by atoms with Crippen LogP contribution in [0.2, 0.25) is 0 Å². The van der Waals surface area contributed by atoms with Crippen molar-refractivity contribution in [1.82, 2.24) is 9.80 Å². The van der Waals surface area contributed by atoms with Gasteiger partial charge in [-0.05, 0) is 37.9 Å². The van der Waals surface area contributed by atoms with Crippen molar-refractivity contribution in [1.29, 1.82) is 0 Å². The lowest BCUT2D eigenvalue weighted by Crippen LogP contribution is -2.35. The zero-order chi connectivity index (χ0) is 14.9. The molecule has 0 amide bonds. The van der Waals surface area contributed by atoms with Crippen LogP contribution in [0.15, 0.2) is 43.0 Å². The van der Waals surface area contributed by atoms with E-state index in [1.165, 1.54) is 12.0 Å². The van der Waals surface area contributed by atoms with Crippen LogP contribution >= 0.6 is 0 Å². The zero-order valence-corrected chi connectivity index (χ0v) is 13.0. The maximum Gasteiger partial charge on any atom is 0.0670 e. The molecule has 0 aromatic heterocycles. The van der Waals surface area contributed by atoms with Gasteiger partial charge in [0.2, 0.25) is 0 Å². The van der Waals surface area contributed by atoms with Crippen LogP contribution in [0.1, 0.15) is 24.8 Å². The van der Waals surface area contributed by atoms with Crippen LogP contribution < -0.4 is 0 Å². The largest absolute Gasteiger partial charge is 0.392 e. The van der Waals surface area contributed by atoms with Crippen LogP contribution in [-0.4, -0.2) is 53.7 Å². The summed E-state index contributed by atoms with van der Waals surface area (Å²) in [5, 5.41) is 10.0. The van der Waals surface area contributed by atoms with Crippen molar-refractivity contribution in [3.8, 4) is 0 Å². The predicted molar refractivity (Wildman–Crippen MR) is 88.2 cm³/mol. The van der Waals surface area contributed by atoms with Crippen molar-refractivity contribution in [2.45, 2.75) is 31.9 Å². The quantitative estimate of drug-likeness (QED) is 0.781. The second-order valence-corrected chi connectivity index (χ2v) is 5.94. The molecule has 0 saturated carbocycles. The molecule has 1 aliphatic rings. The average Bonchev–Trinajstić information content (AvgIpc) is 2.72. The van der Waals surface area contributed by atoms with E-state index in [0.29, 0.717) is 0 Å². The molecule has 2 rings (SSSR count). The lowest BCUT2D eigenvalue weighted by Gasteiger charge is -2.24. The van der Waals surface area contributed by atoms with Gasteiger partial charge in [-0.25, -0.2) is 0 Å². The van der Waals surface area contributed by atoms with E-state index in [-0.39, 0.29) is 6.10 Å². The van der Waals surface area contributed by atoms with E-state index in [0.717, 1.165) is 52.1 Å². The first kappa shape index (κ1) is 16.2. The van der Waals surface area contributed by atoms with Gasteiger partial charge in [0.25, 0.3) is 0 Å². The number of β-amino-alcohol motifs (C(OH)–C–C–N with tert-alkyl or cyclic N) is 1. The van der Waals surface area contributed by atoms with E-state index >= 15 is 0 Å². The Morgan fingerprint density at radius 1 is 1.10 bits per heavy atom. The molecule has 0 bridgehead atoms. The third-order valence-electron chi connectivity index (χ3n) is 4.10. The molecule has 1 N–H and O–H groups in total. The summed E-state index contributed by atoms with van der Waals surface area (Å²) in [4.78, 5) is 4.92. The number of rotatable bonds is 7. The molecule has 3 nitrogen and oxygen atoms in total. The summed E-state index contributed by atoms with van der Waals surface area (Å²) in [6, 6.07) is 10.7. The molecule has 0 aliphatic carbocycles. The minimum atomic E-state index is -0.219. The van der Waals surface area contributed by atoms with Gasteiger partial charge >= 0.3 is 0 Å². The molecule has 1 heterocycles. The molecule has 116 valence electrons. The minimum Gasteiger partial charge on any atom is -0.392 e. The fourth-order valence-electron chi connectivity index (χ4n) is 2.91. The predicted octanol–water partition coefficient (Wildman–Crippen LogP) is 2.52. The van der Waals surface area contributed by atoms with Crippen LogP contribution in [0.3, 0.4) is 0 Å². The van der Waals surface area contributed by atoms with Gasteiger partial charge in [-0.3, -0.25) is 9.80 Å². The molecule has 0 radical (unpaired) electrons. The number of aliphatic hydroxyl groups is 1. The summed E-state index contributed by atoms with van der Waals surface area (Å²) >= 11 is 0. The van der Waals surface area contributed by atoms with Gasteiger partial charge in [0.15, 0.2) is 0 Å². The number of nitrogens with zero attached hydrogens (tertiary/aromatic N) is 2. The summed E-state index contributed by atoms with van der Waals surface area (Å²) in [7, 11) is 0. The van der Waals surface area contributed by atoms with Crippen molar-refractivity contribution in [3.05, 3.63) is 48.6 Å². The van der Waals surface area contributed by atoms with Gasteiger partial charge in [-0.2, -0.15) is 0 Å². The highest BCUT2D eigenvalue weighted by molar-refractivity contribution is 5.14. The fraction of sp³-hybridized carbons (Fsp3) is 0.556. The van der Waals surface area contributed by atoms with Crippen LogP contribution in [0.4, 0.5) is 0 Å². The first-order chi connectivity index (χ1) is 10.3. The Bertz CT molecular complexity index is 407. The molecule has 1 aromatic rings. The van der Waals surface area contributed by atoms with Crippen molar-refractivity contribution in [2.75, 3.05) is 32.7 Å². The zero-order valence-electron chi connectivity index (χ0n) is 13.0. The highest BCUT2D eigenvalue weighted by Crippen LogP contribution is 2.10. The van der Waals surface area contributed by atoms with Gasteiger partial charge < -0.3 is 5.11 Å². The number of aliphatic hydroxyl groups excluding tert-OH is 1. The Morgan fingerprint density at radius 2 is 1.81 bits per heavy atom. The van der Waals surface area contributed by atoms with Crippen LogP contribution in [0, 0.1) is 0 Å². The average molecular weight is 288 g/mol.